The minimum absolute atomic E-state index is 0.272. The van der Waals surface area contributed by atoms with Gasteiger partial charge in [-0.05, 0) is 6.42 Å². The molecule has 1 aliphatic rings. The van der Waals surface area contributed by atoms with E-state index in [9.17, 15) is 10.2 Å². The number of halogens is 4. The molecule has 0 aromatic carbocycles. The first kappa shape index (κ1) is 11.2. The van der Waals surface area contributed by atoms with Gasteiger partial charge in [0.15, 0.2) is 5.06 Å². The predicted molar refractivity (Wildman–Crippen MR) is 50.3 cm³/mol. The Morgan fingerprint density at radius 2 is 1.75 bits per heavy atom. The lowest BCUT2D eigenvalue weighted by molar-refractivity contribution is -0.0333. The van der Waals surface area contributed by atoms with Crippen molar-refractivity contribution in [2.24, 2.45) is 0 Å². The largest absolute Gasteiger partial charge is 0.387 e. The molecule has 0 saturated heterocycles. The standard InChI is InChI=1S/C6H8Cl4O2/c7-2-1-3(8)6(10,12)5(11)4(2)9/h2-5,11-12H,1H2. The normalized spacial score (nSPS) is 55.5. The van der Waals surface area contributed by atoms with Crippen LogP contribution < -0.4 is 0 Å². The summed E-state index contributed by atoms with van der Waals surface area (Å²) in [6.07, 6.45) is -1.03. The van der Waals surface area contributed by atoms with Gasteiger partial charge in [-0.2, -0.15) is 0 Å². The summed E-state index contributed by atoms with van der Waals surface area (Å²) in [6, 6.07) is 0. The van der Waals surface area contributed by atoms with Crippen LogP contribution in [0.1, 0.15) is 6.42 Å². The van der Waals surface area contributed by atoms with E-state index in [1.165, 1.54) is 0 Å². The van der Waals surface area contributed by atoms with Crippen LogP contribution in [0.2, 0.25) is 0 Å². The van der Waals surface area contributed by atoms with E-state index < -0.39 is 27.3 Å². The number of rotatable bonds is 0. The molecule has 0 heterocycles. The number of aliphatic hydroxyl groups excluding tert-OH is 1. The lowest BCUT2D eigenvalue weighted by Crippen LogP contribution is -2.57. The molecule has 0 radical (unpaired) electrons. The molecular weight excluding hydrogens is 246 g/mol. The lowest BCUT2D eigenvalue weighted by Gasteiger charge is -2.40. The molecule has 0 aromatic heterocycles. The zero-order chi connectivity index (χ0) is 9.52. The third-order valence-electron chi connectivity index (χ3n) is 1.93. The number of hydrogen-bond acceptors (Lipinski definition) is 2. The summed E-state index contributed by atoms with van der Waals surface area (Å²) in [6.45, 7) is 0. The second kappa shape index (κ2) is 3.68. The molecule has 12 heavy (non-hydrogen) atoms. The fourth-order valence-electron chi connectivity index (χ4n) is 1.10. The van der Waals surface area contributed by atoms with E-state index in [0.717, 1.165) is 0 Å². The van der Waals surface area contributed by atoms with Gasteiger partial charge in [0.25, 0.3) is 0 Å². The van der Waals surface area contributed by atoms with Crippen LogP contribution in [0.25, 0.3) is 0 Å². The molecular formula is C6H8Cl4O2. The molecule has 0 amide bonds. The Labute approximate surface area is 90.4 Å². The zero-order valence-electron chi connectivity index (χ0n) is 5.92. The summed E-state index contributed by atoms with van der Waals surface area (Å²) >= 11 is 22.7. The van der Waals surface area contributed by atoms with E-state index in [0.29, 0.717) is 0 Å². The van der Waals surface area contributed by atoms with Gasteiger partial charge in [-0.25, -0.2) is 0 Å². The van der Waals surface area contributed by atoms with E-state index >= 15 is 0 Å². The molecule has 5 unspecified atom stereocenters. The topological polar surface area (TPSA) is 40.5 Å². The third-order valence-corrected chi connectivity index (χ3v) is 4.16. The molecule has 1 saturated carbocycles. The van der Waals surface area contributed by atoms with Gasteiger partial charge in [-0.1, -0.05) is 11.6 Å². The summed E-state index contributed by atoms with van der Waals surface area (Å²) in [7, 11) is 0. The van der Waals surface area contributed by atoms with Gasteiger partial charge in [0, 0.05) is 0 Å². The van der Waals surface area contributed by atoms with Crippen LogP contribution in [0.4, 0.5) is 0 Å². The first-order valence-electron chi connectivity index (χ1n) is 3.39. The Morgan fingerprint density at radius 3 is 2.25 bits per heavy atom. The molecule has 0 bridgehead atoms. The van der Waals surface area contributed by atoms with Crippen molar-refractivity contribution < 1.29 is 10.2 Å². The van der Waals surface area contributed by atoms with Crippen molar-refractivity contribution in [1.82, 2.24) is 0 Å². The number of aliphatic hydroxyl groups is 2. The number of alkyl halides is 4. The number of hydrogen-bond donors (Lipinski definition) is 2. The molecule has 5 atom stereocenters. The molecule has 1 rings (SSSR count). The monoisotopic (exact) mass is 252 g/mol. The molecule has 0 aromatic rings. The Morgan fingerprint density at radius 1 is 1.25 bits per heavy atom. The second-order valence-electron chi connectivity index (χ2n) is 2.84. The highest BCUT2D eigenvalue weighted by molar-refractivity contribution is 6.36. The van der Waals surface area contributed by atoms with Crippen LogP contribution in [0.3, 0.4) is 0 Å². The average Bonchev–Trinajstić information content (AvgIpc) is 1.99. The summed E-state index contributed by atoms with van der Waals surface area (Å²) in [4.78, 5) is 0. The lowest BCUT2D eigenvalue weighted by atomic mass is 9.93. The van der Waals surface area contributed by atoms with Crippen LogP contribution in [-0.4, -0.2) is 37.5 Å². The van der Waals surface area contributed by atoms with E-state index in [4.69, 9.17) is 46.4 Å². The zero-order valence-corrected chi connectivity index (χ0v) is 8.95. The molecule has 2 nitrogen and oxygen atoms in total. The van der Waals surface area contributed by atoms with Crippen LogP contribution in [-0.2, 0) is 0 Å². The highest BCUT2D eigenvalue weighted by atomic mass is 35.5. The van der Waals surface area contributed by atoms with Crippen LogP contribution >= 0.6 is 46.4 Å². The smallest absolute Gasteiger partial charge is 0.182 e. The van der Waals surface area contributed by atoms with Crippen molar-refractivity contribution in [3.05, 3.63) is 0 Å². The fourth-order valence-corrected chi connectivity index (χ4v) is 2.41. The van der Waals surface area contributed by atoms with Crippen LogP contribution in [0.5, 0.6) is 0 Å². The first-order chi connectivity index (χ1) is 5.37. The van der Waals surface area contributed by atoms with Gasteiger partial charge in [-0.15, -0.1) is 34.8 Å². The Hall–Kier alpha value is 1.08. The van der Waals surface area contributed by atoms with Crippen molar-refractivity contribution >= 4 is 46.4 Å². The van der Waals surface area contributed by atoms with Crippen molar-refractivity contribution in [1.29, 1.82) is 0 Å². The molecule has 72 valence electrons. The van der Waals surface area contributed by atoms with Crippen molar-refractivity contribution in [2.45, 2.75) is 33.7 Å². The van der Waals surface area contributed by atoms with Crippen LogP contribution in [0.15, 0.2) is 0 Å². The summed E-state index contributed by atoms with van der Waals surface area (Å²) in [5.74, 6) is 0. The minimum Gasteiger partial charge on any atom is -0.387 e. The van der Waals surface area contributed by atoms with E-state index in [1.54, 1.807) is 0 Å². The van der Waals surface area contributed by atoms with E-state index in [-0.39, 0.29) is 6.42 Å². The first-order valence-corrected chi connectivity index (χ1v) is 5.07. The van der Waals surface area contributed by atoms with Gasteiger partial charge < -0.3 is 10.2 Å². The van der Waals surface area contributed by atoms with E-state index in [2.05, 4.69) is 0 Å². The van der Waals surface area contributed by atoms with Gasteiger partial charge >= 0.3 is 0 Å². The quantitative estimate of drug-likeness (QED) is 0.643. The maximum atomic E-state index is 9.44. The van der Waals surface area contributed by atoms with Crippen molar-refractivity contribution in [3.63, 3.8) is 0 Å². The summed E-state index contributed by atoms with van der Waals surface area (Å²) in [5, 5.41) is 14.9. The molecule has 2 N–H and O–H groups in total. The third kappa shape index (κ3) is 1.79. The second-order valence-corrected chi connectivity index (χ2v) is 5.03. The highest BCUT2D eigenvalue weighted by Crippen LogP contribution is 2.40. The van der Waals surface area contributed by atoms with Gasteiger partial charge in [0.05, 0.1) is 16.1 Å². The molecule has 1 fully saturated rings. The Bertz CT molecular complexity index is 175. The van der Waals surface area contributed by atoms with Gasteiger partial charge in [0.1, 0.15) is 6.10 Å². The molecule has 6 heteroatoms. The predicted octanol–water partition coefficient (Wildman–Crippen LogP) is 1.50. The van der Waals surface area contributed by atoms with Crippen molar-refractivity contribution in [3.8, 4) is 0 Å². The molecule has 0 aliphatic heterocycles. The Kier molecular flexibility index (Phi) is 3.42. The highest BCUT2D eigenvalue weighted by Gasteiger charge is 2.51. The SMILES string of the molecule is OC1C(Cl)C(Cl)CC(Cl)C1(O)Cl. The summed E-state index contributed by atoms with van der Waals surface area (Å²) in [5.41, 5.74) is 0. The van der Waals surface area contributed by atoms with Crippen LogP contribution in [0, 0.1) is 0 Å². The maximum absolute atomic E-state index is 9.44. The van der Waals surface area contributed by atoms with Gasteiger partial charge in [-0.3, -0.25) is 0 Å². The molecule has 1 aliphatic carbocycles. The maximum Gasteiger partial charge on any atom is 0.182 e. The fraction of sp³-hybridized carbons (Fsp3) is 1.00. The average molecular weight is 254 g/mol. The van der Waals surface area contributed by atoms with Gasteiger partial charge in [0.2, 0.25) is 0 Å². The summed E-state index contributed by atoms with van der Waals surface area (Å²) < 4.78 is 0. The van der Waals surface area contributed by atoms with Crippen molar-refractivity contribution in [2.75, 3.05) is 0 Å². The minimum atomic E-state index is -1.88. The molecule has 0 spiro atoms. The Balaban J connectivity index is 2.80. The van der Waals surface area contributed by atoms with E-state index in [1.807, 2.05) is 0 Å².